The van der Waals surface area contributed by atoms with Gasteiger partial charge in [0.1, 0.15) is 5.82 Å². The van der Waals surface area contributed by atoms with Crippen molar-refractivity contribution in [3.63, 3.8) is 0 Å². The zero-order chi connectivity index (χ0) is 16.1. The van der Waals surface area contributed by atoms with E-state index in [2.05, 4.69) is 39.2 Å². The standard InChI is InChI=1S/C18H26N6/c1-22(10-13-4-2-3-5-13)15-11-23(12-15)17-9-8-16-19-20-18(14-6-7-14)24(16)21-17/h8-9,13-15H,2-7,10-12H2,1H3. The van der Waals surface area contributed by atoms with E-state index in [1.54, 1.807) is 0 Å². The van der Waals surface area contributed by atoms with Gasteiger partial charge in [-0.3, -0.25) is 4.90 Å². The zero-order valence-electron chi connectivity index (χ0n) is 14.4. The lowest BCUT2D eigenvalue weighted by Gasteiger charge is -2.45. The van der Waals surface area contributed by atoms with Crippen LogP contribution in [0.4, 0.5) is 5.82 Å². The number of likely N-dealkylation sites (N-methyl/N-ethyl adjacent to an activating group) is 1. The Bertz CT molecular complexity index is 724. The Hall–Kier alpha value is -1.69. The summed E-state index contributed by atoms with van der Waals surface area (Å²) in [6.07, 6.45) is 8.17. The van der Waals surface area contributed by atoms with Gasteiger partial charge < -0.3 is 4.90 Å². The molecule has 0 unspecified atom stereocenters. The second-order valence-electron chi connectivity index (χ2n) is 7.94. The predicted molar refractivity (Wildman–Crippen MR) is 93.3 cm³/mol. The van der Waals surface area contributed by atoms with Gasteiger partial charge in [-0.05, 0) is 50.8 Å². The van der Waals surface area contributed by atoms with Gasteiger partial charge in [-0.2, -0.15) is 4.52 Å². The molecule has 1 saturated heterocycles. The van der Waals surface area contributed by atoms with E-state index in [0.29, 0.717) is 12.0 Å². The van der Waals surface area contributed by atoms with Crippen molar-refractivity contribution < 1.29 is 0 Å². The average molecular weight is 326 g/mol. The van der Waals surface area contributed by atoms with Gasteiger partial charge in [0, 0.05) is 31.6 Å². The highest BCUT2D eigenvalue weighted by Gasteiger charge is 2.33. The van der Waals surface area contributed by atoms with E-state index < -0.39 is 0 Å². The van der Waals surface area contributed by atoms with Crippen molar-refractivity contribution in [1.82, 2.24) is 24.7 Å². The topological polar surface area (TPSA) is 49.6 Å². The minimum Gasteiger partial charge on any atom is -0.352 e. The summed E-state index contributed by atoms with van der Waals surface area (Å²) < 4.78 is 1.96. The molecule has 6 nitrogen and oxygen atoms in total. The van der Waals surface area contributed by atoms with E-state index in [9.17, 15) is 0 Å². The molecule has 0 N–H and O–H groups in total. The molecule has 0 bridgehead atoms. The number of hydrogen-bond acceptors (Lipinski definition) is 5. The minimum atomic E-state index is 0.574. The highest BCUT2D eigenvalue weighted by molar-refractivity contribution is 5.48. The molecule has 0 atom stereocenters. The molecule has 0 radical (unpaired) electrons. The molecule has 24 heavy (non-hydrogen) atoms. The second kappa shape index (κ2) is 5.69. The van der Waals surface area contributed by atoms with Crippen LogP contribution in [0.25, 0.3) is 5.65 Å². The van der Waals surface area contributed by atoms with E-state index in [1.807, 2.05) is 4.52 Å². The maximum atomic E-state index is 4.81. The fourth-order valence-electron chi connectivity index (χ4n) is 4.23. The monoisotopic (exact) mass is 326 g/mol. The van der Waals surface area contributed by atoms with Crippen molar-refractivity contribution in [2.75, 3.05) is 31.6 Å². The van der Waals surface area contributed by atoms with E-state index in [1.165, 1.54) is 45.1 Å². The van der Waals surface area contributed by atoms with Crippen LogP contribution in [-0.2, 0) is 0 Å². The summed E-state index contributed by atoms with van der Waals surface area (Å²) in [5.74, 6) is 3.61. The van der Waals surface area contributed by atoms with Crippen LogP contribution in [0.1, 0.15) is 50.3 Å². The summed E-state index contributed by atoms with van der Waals surface area (Å²) in [4.78, 5) is 4.95. The Kier molecular flexibility index (Phi) is 3.47. The number of fused-ring (bicyclic) bond motifs is 1. The molecule has 2 aromatic heterocycles. The smallest absolute Gasteiger partial charge is 0.178 e. The molecule has 6 heteroatoms. The molecule has 2 aromatic rings. The summed E-state index contributed by atoms with van der Waals surface area (Å²) in [5, 5.41) is 13.4. The summed E-state index contributed by atoms with van der Waals surface area (Å²) in [6, 6.07) is 4.82. The first kappa shape index (κ1) is 14.6. The molecule has 0 amide bonds. The van der Waals surface area contributed by atoms with Crippen LogP contribution in [0.15, 0.2) is 12.1 Å². The third-order valence-electron chi connectivity index (χ3n) is 6.05. The molecule has 3 heterocycles. The third kappa shape index (κ3) is 2.57. The molecule has 1 aliphatic heterocycles. The van der Waals surface area contributed by atoms with Crippen molar-refractivity contribution in [2.45, 2.75) is 50.5 Å². The quantitative estimate of drug-likeness (QED) is 0.844. The minimum absolute atomic E-state index is 0.574. The van der Waals surface area contributed by atoms with Crippen molar-refractivity contribution in [1.29, 1.82) is 0 Å². The number of aromatic nitrogens is 4. The van der Waals surface area contributed by atoms with Gasteiger partial charge in [0.05, 0.1) is 0 Å². The number of anilines is 1. The maximum absolute atomic E-state index is 4.81. The molecule has 128 valence electrons. The number of nitrogens with zero attached hydrogens (tertiary/aromatic N) is 6. The number of rotatable bonds is 5. The summed E-state index contributed by atoms with van der Waals surface area (Å²) in [6.45, 7) is 3.44. The first-order valence-electron chi connectivity index (χ1n) is 9.45. The molecule has 3 fully saturated rings. The van der Waals surface area contributed by atoms with Crippen LogP contribution in [-0.4, -0.2) is 57.4 Å². The summed E-state index contributed by atoms with van der Waals surface area (Å²) in [7, 11) is 2.29. The van der Waals surface area contributed by atoms with Crippen LogP contribution >= 0.6 is 0 Å². The average Bonchev–Trinajstić information content (AvgIpc) is 3.08. The van der Waals surface area contributed by atoms with Crippen molar-refractivity contribution in [3.05, 3.63) is 18.0 Å². The summed E-state index contributed by atoms with van der Waals surface area (Å²) >= 11 is 0. The fourth-order valence-corrected chi connectivity index (χ4v) is 4.23. The van der Waals surface area contributed by atoms with Crippen molar-refractivity contribution >= 4 is 11.5 Å². The van der Waals surface area contributed by atoms with Gasteiger partial charge in [0.25, 0.3) is 0 Å². The normalized spacial score (nSPS) is 22.7. The highest BCUT2D eigenvalue weighted by Crippen LogP contribution is 2.39. The molecule has 5 rings (SSSR count). The zero-order valence-corrected chi connectivity index (χ0v) is 14.4. The van der Waals surface area contributed by atoms with Crippen LogP contribution in [0, 0.1) is 5.92 Å². The van der Waals surface area contributed by atoms with Crippen molar-refractivity contribution in [2.24, 2.45) is 5.92 Å². The Morgan fingerprint density at radius 3 is 2.62 bits per heavy atom. The van der Waals surface area contributed by atoms with E-state index in [-0.39, 0.29) is 0 Å². The maximum Gasteiger partial charge on any atom is 0.178 e. The van der Waals surface area contributed by atoms with Gasteiger partial charge in [-0.25, -0.2) is 0 Å². The first-order valence-corrected chi connectivity index (χ1v) is 9.45. The van der Waals surface area contributed by atoms with Crippen LogP contribution in [0.2, 0.25) is 0 Å². The van der Waals surface area contributed by atoms with Crippen LogP contribution in [0.5, 0.6) is 0 Å². The SMILES string of the molecule is CN(CC1CCCC1)C1CN(c2ccc3nnc(C4CC4)n3n2)C1. The lowest BCUT2D eigenvalue weighted by molar-refractivity contribution is 0.177. The van der Waals surface area contributed by atoms with E-state index in [0.717, 1.165) is 36.3 Å². The van der Waals surface area contributed by atoms with E-state index >= 15 is 0 Å². The Balaban J connectivity index is 1.25. The lowest BCUT2D eigenvalue weighted by atomic mass is 10.0. The van der Waals surface area contributed by atoms with Gasteiger partial charge in [0.2, 0.25) is 0 Å². The molecule has 3 aliphatic rings. The molecule has 2 saturated carbocycles. The molecular weight excluding hydrogens is 300 g/mol. The highest BCUT2D eigenvalue weighted by atomic mass is 15.4. The van der Waals surface area contributed by atoms with Gasteiger partial charge in [0.15, 0.2) is 11.5 Å². The molecular formula is C18H26N6. The van der Waals surface area contributed by atoms with Crippen molar-refractivity contribution in [3.8, 4) is 0 Å². The molecule has 0 aromatic carbocycles. The van der Waals surface area contributed by atoms with Crippen LogP contribution in [0.3, 0.4) is 0 Å². The Morgan fingerprint density at radius 1 is 1.08 bits per heavy atom. The first-order chi connectivity index (χ1) is 11.8. The molecule has 0 spiro atoms. The lowest BCUT2D eigenvalue weighted by Crippen LogP contribution is -2.59. The Labute approximate surface area is 142 Å². The Morgan fingerprint density at radius 2 is 1.88 bits per heavy atom. The van der Waals surface area contributed by atoms with Gasteiger partial charge in [-0.1, -0.05) is 12.8 Å². The van der Waals surface area contributed by atoms with Crippen LogP contribution < -0.4 is 4.90 Å². The van der Waals surface area contributed by atoms with Gasteiger partial charge in [-0.15, -0.1) is 15.3 Å². The predicted octanol–water partition coefficient (Wildman–Crippen LogP) is 2.31. The largest absolute Gasteiger partial charge is 0.352 e. The summed E-state index contributed by atoms with van der Waals surface area (Å²) in [5.41, 5.74) is 0.871. The number of hydrogen-bond donors (Lipinski definition) is 0. The second-order valence-corrected chi connectivity index (χ2v) is 7.94. The van der Waals surface area contributed by atoms with Gasteiger partial charge >= 0.3 is 0 Å². The van der Waals surface area contributed by atoms with E-state index in [4.69, 9.17) is 5.10 Å². The molecule has 2 aliphatic carbocycles. The third-order valence-corrected chi connectivity index (χ3v) is 6.05. The fraction of sp³-hybridized carbons (Fsp3) is 0.722.